The quantitative estimate of drug-likeness (QED) is 0.360. The van der Waals surface area contributed by atoms with Crippen molar-refractivity contribution < 1.29 is 19.5 Å². The second-order valence-electron chi connectivity index (χ2n) is 7.06. The molecule has 1 aromatic carbocycles. The molecule has 2 amide bonds. The Hall–Kier alpha value is -2.19. The minimum atomic E-state index is -0.910. The molecular formula is C21H24N2O4S2. The van der Waals surface area contributed by atoms with E-state index in [1.807, 2.05) is 24.3 Å². The van der Waals surface area contributed by atoms with E-state index in [0.717, 1.165) is 48.7 Å². The van der Waals surface area contributed by atoms with E-state index in [9.17, 15) is 14.4 Å². The van der Waals surface area contributed by atoms with Crippen molar-refractivity contribution >= 4 is 57.3 Å². The fourth-order valence-corrected chi connectivity index (χ4v) is 4.93. The minimum absolute atomic E-state index is 0.0315. The van der Waals surface area contributed by atoms with Crippen molar-refractivity contribution in [1.82, 2.24) is 4.90 Å². The first-order chi connectivity index (χ1) is 14.0. The highest BCUT2D eigenvalue weighted by Gasteiger charge is 2.41. The molecule has 2 heterocycles. The van der Waals surface area contributed by atoms with Crippen LogP contribution in [0.3, 0.4) is 0 Å². The van der Waals surface area contributed by atoms with Crippen LogP contribution in [-0.2, 0) is 14.4 Å². The van der Waals surface area contributed by atoms with Crippen LogP contribution in [0, 0.1) is 0 Å². The first kappa shape index (κ1) is 21.5. The monoisotopic (exact) mass is 432 g/mol. The van der Waals surface area contributed by atoms with Gasteiger partial charge in [0.15, 0.2) is 0 Å². The van der Waals surface area contributed by atoms with Crippen LogP contribution in [0.4, 0.5) is 5.69 Å². The van der Waals surface area contributed by atoms with Gasteiger partial charge in [0.1, 0.15) is 4.32 Å². The van der Waals surface area contributed by atoms with Gasteiger partial charge in [0.25, 0.3) is 11.8 Å². The van der Waals surface area contributed by atoms with Crippen molar-refractivity contribution in [2.24, 2.45) is 0 Å². The van der Waals surface area contributed by atoms with Gasteiger partial charge in [0.2, 0.25) is 0 Å². The van der Waals surface area contributed by atoms with Crippen LogP contribution in [0.15, 0.2) is 29.2 Å². The Morgan fingerprint density at radius 2 is 1.76 bits per heavy atom. The molecule has 154 valence electrons. The van der Waals surface area contributed by atoms with Gasteiger partial charge in [0, 0.05) is 25.1 Å². The van der Waals surface area contributed by atoms with Crippen molar-refractivity contribution in [3.05, 3.63) is 34.7 Å². The summed E-state index contributed by atoms with van der Waals surface area (Å²) in [5, 5.41) is 8.82. The number of carboxylic acid groups (broad SMARTS) is 1. The zero-order chi connectivity index (χ0) is 21.0. The molecule has 0 bridgehead atoms. The van der Waals surface area contributed by atoms with Gasteiger partial charge in [-0.1, -0.05) is 68.4 Å². The average Bonchev–Trinajstić information content (AvgIpc) is 3.12. The second kappa shape index (κ2) is 9.54. The van der Waals surface area contributed by atoms with Crippen LogP contribution in [0.5, 0.6) is 0 Å². The van der Waals surface area contributed by atoms with Crippen molar-refractivity contribution in [3.63, 3.8) is 0 Å². The highest BCUT2D eigenvalue weighted by atomic mass is 32.2. The summed E-state index contributed by atoms with van der Waals surface area (Å²) in [6, 6.07) is 7.53. The van der Waals surface area contributed by atoms with Gasteiger partial charge < -0.3 is 10.0 Å². The van der Waals surface area contributed by atoms with Crippen molar-refractivity contribution in [1.29, 1.82) is 0 Å². The van der Waals surface area contributed by atoms with Gasteiger partial charge in [-0.15, -0.1) is 0 Å². The van der Waals surface area contributed by atoms with E-state index in [1.54, 1.807) is 4.90 Å². The summed E-state index contributed by atoms with van der Waals surface area (Å²) in [4.78, 5) is 40.5. The van der Waals surface area contributed by atoms with Gasteiger partial charge in [-0.2, -0.15) is 0 Å². The SMILES string of the molecule is CCCCCCN1C(=O)/C(=C2\SC(=S)N(CCCC(=O)O)C2=O)c2ccccc21. The van der Waals surface area contributed by atoms with E-state index < -0.39 is 5.97 Å². The number of carboxylic acids is 1. The predicted molar refractivity (Wildman–Crippen MR) is 119 cm³/mol. The Labute approximate surface area is 179 Å². The molecule has 29 heavy (non-hydrogen) atoms. The van der Waals surface area contributed by atoms with Gasteiger partial charge in [0.05, 0.1) is 16.2 Å². The van der Waals surface area contributed by atoms with E-state index in [1.165, 1.54) is 4.90 Å². The fourth-order valence-electron chi connectivity index (χ4n) is 3.55. The maximum Gasteiger partial charge on any atom is 0.303 e. The third-order valence-corrected chi connectivity index (χ3v) is 6.46. The molecule has 0 saturated carbocycles. The van der Waals surface area contributed by atoms with Crippen LogP contribution in [0.2, 0.25) is 0 Å². The molecular weight excluding hydrogens is 408 g/mol. The number of carbonyl (C=O) groups excluding carboxylic acids is 2. The normalized spacial score (nSPS) is 18.7. The minimum Gasteiger partial charge on any atom is -0.481 e. The van der Waals surface area contributed by atoms with E-state index in [2.05, 4.69) is 6.92 Å². The van der Waals surface area contributed by atoms with Crippen molar-refractivity contribution in [3.8, 4) is 0 Å². The average molecular weight is 433 g/mol. The summed E-state index contributed by atoms with van der Waals surface area (Å²) in [5.74, 6) is -1.38. The van der Waals surface area contributed by atoms with E-state index in [0.29, 0.717) is 27.8 Å². The number of aliphatic carboxylic acids is 1. The Morgan fingerprint density at radius 1 is 1.03 bits per heavy atom. The first-order valence-corrected chi connectivity index (χ1v) is 11.1. The molecule has 0 spiro atoms. The molecule has 0 radical (unpaired) electrons. The number of nitrogens with zero attached hydrogens (tertiary/aromatic N) is 2. The Bertz CT molecular complexity index is 881. The van der Waals surface area contributed by atoms with Crippen molar-refractivity contribution in [2.45, 2.75) is 45.4 Å². The number of carbonyl (C=O) groups is 3. The van der Waals surface area contributed by atoms with E-state index in [4.69, 9.17) is 17.3 Å². The number of hydrogen-bond acceptors (Lipinski definition) is 5. The molecule has 3 rings (SSSR count). The number of unbranched alkanes of at least 4 members (excludes halogenated alkanes) is 3. The molecule has 1 aromatic rings. The van der Waals surface area contributed by atoms with Crippen LogP contribution < -0.4 is 4.90 Å². The lowest BCUT2D eigenvalue weighted by atomic mass is 10.1. The van der Waals surface area contributed by atoms with Gasteiger partial charge in [-0.3, -0.25) is 19.3 Å². The smallest absolute Gasteiger partial charge is 0.303 e. The zero-order valence-corrected chi connectivity index (χ0v) is 18.0. The number of benzene rings is 1. The Balaban J connectivity index is 1.86. The predicted octanol–water partition coefficient (Wildman–Crippen LogP) is 4.05. The highest BCUT2D eigenvalue weighted by molar-refractivity contribution is 8.26. The summed E-state index contributed by atoms with van der Waals surface area (Å²) < 4.78 is 0.370. The molecule has 0 aromatic heterocycles. The van der Waals surface area contributed by atoms with Gasteiger partial charge >= 0.3 is 5.97 Å². The maximum absolute atomic E-state index is 13.2. The number of hydrogen-bond donors (Lipinski definition) is 1. The summed E-state index contributed by atoms with van der Waals surface area (Å²) in [6.45, 7) is 3.01. The van der Waals surface area contributed by atoms with Crippen LogP contribution in [0.25, 0.3) is 5.57 Å². The largest absolute Gasteiger partial charge is 0.481 e. The number of para-hydroxylation sites is 1. The molecule has 1 N–H and O–H groups in total. The maximum atomic E-state index is 13.2. The first-order valence-electron chi connectivity index (χ1n) is 9.86. The van der Waals surface area contributed by atoms with Gasteiger partial charge in [-0.05, 0) is 18.9 Å². The number of fused-ring (bicyclic) bond motifs is 1. The summed E-state index contributed by atoms with van der Waals surface area (Å²) in [6.07, 6.45) is 4.52. The molecule has 1 saturated heterocycles. The number of anilines is 1. The molecule has 0 aliphatic carbocycles. The molecule has 0 atom stereocenters. The zero-order valence-electron chi connectivity index (χ0n) is 16.3. The fraction of sp³-hybridized carbons (Fsp3) is 0.429. The highest BCUT2D eigenvalue weighted by Crippen LogP contribution is 2.44. The lowest BCUT2D eigenvalue weighted by Gasteiger charge is -2.17. The van der Waals surface area contributed by atoms with Crippen LogP contribution in [-0.4, -0.2) is 45.2 Å². The molecule has 2 aliphatic heterocycles. The summed E-state index contributed by atoms with van der Waals surface area (Å²) >= 11 is 6.47. The molecule has 1 fully saturated rings. The molecule has 6 nitrogen and oxygen atoms in total. The van der Waals surface area contributed by atoms with Gasteiger partial charge in [-0.25, -0.2) is 0 Å². The van der Waals surface area contributed by atoms with E-state index >= 15 is 0 Å². The van der Waals surface area contributed by atoms with E-state index in [-0.39, 0.29) is 24.8 Å². The second-order valence-corrected chi connectivity index (χ2v) is 8.70. The van der Waals surface area contributed by atoms with Crippen molar-refractivity contribution in [2.75, 3.05) is 18.0 Å². The number of rotatable bonds is 9. The molecule has 0 unspecified atom stereocenters. The lowest BCUT2D eigenvalue weighted by Crippen LogP contribution is -2.30. The third kappa shape index (κ3) is 4.53. The topological polar surface area (TPSA) is 77.9 Å². The lowest BCUT2D eigenvalue weighted by molar-refractivity contribution is -0.137. The standard InChI is InChI=1S/C21H24N2O4S2/c1-2-3-4-7-12-22-15-10-6-5-9-14(15)17(19(22)26)18-20(27)23(21(28)29-18)13-8-11-16(24)25/h5-6,9-10H,2-4,7-8,11-13H2,1H3,(H,24,25)/b18-17-. The van der Waals surface area contributed by atoms with Crippen LogP contribution in [0.1, 0.15) is 51.0 Å². The Morgan fingerprint density at radius 3 is 2.48 bits per heavy atom. The number of thioether (sulfide) groups is 1. The summed E-state index contributed by atoms with van der Waals surface area (Å²) in [5.41, 5.74) is 2.01. The number of thiocarbonyl (C=S) groups is 1. The third-order valence-electron chi connectivity index (χ3n) is 5.01. The number of amides is 2. The van der Waals surface area contributed by atoms with Crippen LogP contribution >= 0.6 is 24.0 Å². The molecule has 2 aliphatic rings. The Kier molecular flexibility index (Phi) is 7.08. The summed E-state index contributed by atoms with van der Waals surface area (Å²) in [7, 11) is 0. The molecule has 8 heteroatoms.